The number of hydrogen-bond donors (Lipinski definition) is 1. The van der Waals surface area contributed by atoms with Gasteiger partial charge in [0.2, 0.25) is 0 Å². The quantitative estimate of drug-likeness (QED) is 0.818. The molecule has 2 rings (SSSR count). The first-order chi connectivity index (χ1) is 9.94. The predicted molar refractivity (Wildman–Crippen MR) is 66.1 cm³/mol. The first kappa shape index (κ1) is 16.8. The molecule has 1 aliphatic rings. The van der Waals surface area contributed by atoms with Crippen molar-refractivity contribution in [1.29, 1.82) is 0 Å². The molecule has 2 nitrogen and oxygen atoms in total. The molecule has 1 atom stereocenters. The van der Waals surface area contributed by atoms with Gasteiger partial charge in [-0.3, -0.25) is 0 Å². The molecule has 0 aromatic heterocycles. The van der Waals surface area contributed by atoms with Gasteiger partial charge in [-0.2, -0.15) is 26.3 Å². The lowest BCUT2D eigenvalue weighted by Crippen LogP contribution is -2.29. The van der Waals surface area contributed by atoms with Crippen LogP contribution in [-0.4, -0.2) is 24.6 Å². The molecule has 1 saturated carbocycles. The summed E-state index contributed by atoms with van der Waals surface area (Å²) >= 11 is 0. The third-order valence-electron chi connectivity index (χ3n) is 4.11. The first-order valence-corrected chi connectivity index (χ1v) is 6.49. The number of alkyl halides is 6. The van der Waals surface area contributed by atoms with Crippen LogP contribution in [-0.2, 0) is 5.41 Å². The summed E-state index contributed by atoms with van der Waals surface area (Å²) in [5.74, 6) is -3.07. The lowest BCUT2D eigenvalue weighted by molar-refractivity contribution is -0.161. The van der Waals surface area contributed by atoms with Gasteiger partial charge in [0.1, 0.15) is 11.5 Å². The Kier molecular flexibility index (Phi) is 3.78. The van der Waals surface area contributed by atoms with Crippen LogP contribution in [0.5, 0.6) is 11.5 Å². The zero-order chi connectivity index (χ0) is 16.9. The fourth-order valence-corrected chi connectivity index (χ4v) is 2.48. The molecule has 8 heteroatoms. The average Bonchev–Trinajstić information content (AvgIpc) is 3.17. The second-order valence-corrected chi connectivity index (χ2v) is 5.45. The van der Waals surface area contributed by atoms with E-state index in [9.17, 15) is 31.4 Å². The van der Waals surface area contributed by atoms with Gasteiger partial charge in [0, 0.05) is 17.2 Å². The highest BCUT2D eigenvalue weighted by Crippen LogP contribution is 2.61. The van der Waals surface area contributed by atoms with E-state index in [0.29, 0.717) is 0 Å². The number of benzene rings is 1. The molecule has 0 aliphatic heterocycles. The maximum Gasteiger partial charge on any atom is 0.398 e. The van der Waals surface area contributed by atoms with Crippen molar-refractivity contribution in [3.8, 4) is 11.5 Å². The largest absolute Gasteiger partial charge is 0.508 e. The highest BCUT2D eigenvalue weighted by Gasteiger charge is 2.65. The standard InChI is InChI=1S/C14H14F6O2/c1-7(13(15,16)17)8-5-9(11(22-2)6-10(8)21)12(3-4-12)14(18,19)20/h5-7,21H,3-4H2,1-2H3. The second kappa shape index (κ2) is 4.96. The van der Waals surface area contributed by atoms with Crippen LogP contribution in [0.3, 0.4) is 0 Å². The number of methoxy groups -OCH3 is 1. The molecular weight excluding hydrogens is 314 g/mol. The Bertz CT molecular complexity index is 572. The van der Waals surface area contributed by atoms with Crippen molar-refractivity contribution in [2.75, 3.05) is 7.11 Å². The van der Waals surface area contributed by atoms with E-state index in [0.717, 1.165) is 26.2 Å². The Balaban J connectivity index is 2.60. The van der Waals surface area contributed by atoms with Crippen LogP contribution in [0.2, 0.25) is 0 Å². The molecule has 0 saturated heterocycles. The third kappa shape index (κ3) is 2.59. The zero-order valence-electron chi connectivity index (χ0n) is 11.8. The highest BCUT2D eigenvalue weighted by atomic mass is 19.4. The van der Waals surface area contributed by atoms with Crippen LogP contribution in [0.1, 0.15) is 36.8 Å². The van der Waals surface area contributed by atoms with Gasteiger partial charge in [-0.15, -0.1) is 0 Å². The monoisotopic (exact) mass is 328 g/mol. The minimum absolute atomic E-state index is 0.211. The van der Waals surface area contributed by atoms with Crippen molar-refractivity contribution >= 4 is 0 Å². The minimum atomic E-state index is -4.67. The summed E-state index contributed by atoms with van der Waals surface area (Å²) in [6.45, 7) is 0.790. The topological polar surface area (TPSA) is 29.5 Å². The number of phenols is 1. The fraction of sp³-hybridized carbons (Fsp3) is 0.571. The molecule has 1 aliphatic carbocycles. The van der Waals surface area contributed by atoms with Gasteiger partial charge in [0.15, 0.2) is 0 Å². The van der Waals surface area contributed by atoms with Crippen LogP contribution in [0, 0.1) is 0 Å². The van der Waals surface area contributed by atoms with Crippen molar-refractivity contribution in [2.24, 2.45) is 0 Å². The van der Waals surface area contributed by atoms with Crippen molar-refractivity contribution in [3.63, 3.8) is 0 Å². The molecule has 1 aromatic rings. The molecule has 0 radical (unpaired) electrons. The Morgan fingerprint density at radius 3 is 2.05 bits per heavy atom. The lowest BCUT2D eigenvalue weighted by atomic mass is 9.88. The zero-order valence-corrected chi connectivity index (χ0v) is 11.8. The smallest absolute Gasteiger partial charge is 0.398 e. The van der Waals surface area contributed by atoms with Gasteiger partial charge in [0.25, 0.3) is 0 Å². The van der Waals surface area contributed by atoms with E-state index in [1.807, 2.05) is 0 Å². The maximum absolute atomic E-state index is 13.2. The van der Waals surface area contributed by atoms with E-state index in [2.05, 4.69) is 0 Å². The Morgan fingerprint density at radius 2 is 1.68 bits per heavy atom. The lowest BCUT2D eigenvalue weighted by Gasteiger charge is -2.25. The molecule has 0 amide bonds. The predicted octanol–water partition coefficient (Wildman–Crippen LogP) is 4.66. The molecule has 22 heavy (non-hydrogen) atoms. The minimum Gasteiger partial charge on any atom is -0.508 e. The SMILES string of the molecule is COc1cc(O)c(C(C)C(F)(F)F)cc1C1(C(F)(F)F)CC1. The van der Waals surface area contributed by atoms with Gasteiger partial charge >= 0.3 is 12.4 Å². The third-order valence-corrected chi connectivity index (χ3v) is 4.11. The van der Waals surface area contributed by atoms with Crippen LogP contribution in [0.25, 0.3) is 0 Å². The van der Waals surface area contributed by atoms with Gasteiger partial charge < -0.3 is 9.84 Å². The molecule has 1 unspecified atom stereocenters. The Morgan fingerprint density at radius 1 is 1.14 bits per heavy atom. The summed E-state index contributed by atoms with van der Waals surface area (Å²) in [6.07, 6.45) is -9.68. The summed E-state index contributed by atoms with van der Waals surface area (Å²) in [5.41, 5.74) is -3.13. The van der Waals surface area contributed by atoms with Crippen molar-refractivity contribution in [3.05, 3.63) is 23.3 Å². The van der Waals surface area contributed by atoms with E-state index in [4.69, 9.17) is 4.74 Å². The van der Waals surface area contributed by atoms with Crippen molar-refractivity contribution < 1.29 is 36.2 Å². The van der Waals surface area contributed by atoms with E-state index in [-0.39, 0.29) is 24.2 Å². The van der Waals surface area contributed by atoms with Crippen LogP contribution < -0.4 is 4.74 Å². The van der Waals surface area contributed by atoms with Gasteiger partial charge in [-0.1, -0.05) is 0 Å². The molecule has 1 aromatic carbocycles. The molecule has 124 valence electrons. The number of aromatic hydroxyl groups is 1. The molecule has 0 heterocycles. The summed E-state index contributed by atoms with van der Waals surface area (Å²) in [6, 6.07) is 1.59. The van der Waals surface area contributed by atoms with Crippen LogP contribution in [0.4, 0.5) is 26.3 Å². The van der Waals surface area contributed by atoms with Gasteiger partial charge in [-0.05, 0) is 25.8 Å². The number of rotatable bonds is 3. The molecule has 0 bridgehead atoms. The summed E-state index contributed by atoms with van der Waals surface area (Å²) in [5, 5.41) is 9.71. The van der Waals surface area contributed by atoms with Gasteiger partial charge in [0.05, 0.1) is 18.4 Å². The molecular formula is C14H14F6O2. The second-order valence-electron chi connectivity index (χ2n) is 5.45. The summed E-state index contributed by atoms with van der Waals surface area (Å²) < 4.78 is 82.9. The van der Waals surface area contributed by atoms with E-state index < -0.39 is 35.0 Å². The molecule has 1 N–H and O–H groups in total. The molecule has 1 fully saturated rings. The Hall–Kier alpha value is -1.60. The first-order valence-electron chi connectivity index (χ1n) is 6.49. The van der Waals surface area contributed by atoms with E-state index >= 15 is 0 Å². The van der Waals surface area contributed by atoms with Crippen molar-refractivity contribution in [1.82, 2.24) is 0 Å². The summed E-state index contributed by atoms with van der Waals surface area (Å²) in [7, 11) is 1.11. The van der Waals surface area contributed by atoms with Crippen molar-refractivity contribution in [2.45, 2.75) is 43.5 Å². The molecule has 0 spiro atoms. The number of hydrogen-bond acceptors (Lipinski definition) is 2. The van der Waals surface area contributed by atoms with Crippen LogP contribution >= 0.6 is 0 Å². The average molecular weight is 328 g/mol. The summed E-state index contributed by atoms with van der Waals surface area (Å²) in [4.78, 5) is 0. The highest BCUT2D eigenvalue weighted by molar-refractivity contribution is 5.53. The normalized spacial score (nSPS) is 18.9. The fourth-order valence-electron chi connectivity index (χ4n) is 2.48. The number of halogens is 6. The maximum atomic E-state index is 13.2. The van der Waals surface area contributed by atoms with Gasteiger partial charge in [-0.25, -0.2) is 0 Å². The number of ether oxygens (including phenoxy) is 1. The number of phenolic OH excluding ortho intramolecular Hbond substituents is 1. The van der Waals surface area contributed by atoms with E-state index in [1.165, 1.54) is 0 Å². The Labute approximate surface area is 122 Å². The van der Waals surface area contributed by atoms with Crippen LogP contribution in [0.15, 0.2) is 12.1 Å². The van der Waals surface area contributed by atoms with E-state index in [1.54, 1.807) is 0 Å².